The molecular weight excluding hydrogens is 513 g/mol. The number of Topliss-reactive ketones (excluding diaryl/α,β-unsaturated/α-hetero) is 1. The van der Waals surface area contributed by atoms with Crippen LogP contribution in [0.3, 0.4) is 0 Å². The average Bonchev–Trinajstić information content (AvgIpc) is 3.75. The number of halogens is 3. The summed E-state index contributed by atoms with van der Waals surface area (Å²) in [4.78, 5) is 33.3. The maximum absolute atomic E-state index is 11.9. The number of aromatic nitrogens is 4. The molecule has 1 aliphatic carbocycles. The molecule has 2 unspecified atom stereocenters. The summed E-state index contributed by atoms with van der Waals surface area (Å²) in [7, 11) is 5.61. The zero-order valence-corrected chi connectivity index (χ0v) is 23.5. The van der Waals surface area contributed by atoms with Crippen molar-refractivity contribution in [1.29, 1.82) is 0 Å². The maximum Gasteiger partial charge on any atom is 0.389 e. The molecule has 0 spiro atoms. The molecule has 0 aromatic carbocycles. The molecular formula is C27H39F3N6O3. The lowest BCUT2D eigenvalue weighted by molar-refractivity contribution is -0.134. The van der Waals surface area contributed by atoms with Crippen LogP contribution in [0.4, 0.5) is 24.8 Å². The monoisotopic (exact) mass is 552 g/mol. The maximum atomic E-state index is 11.9. The minimum atomic E-state index is -3.95. The molecule has 1 N–H and O–H groups in total. The summed E-state index contributed by atoms with van der Waals surface area (Å²) < 4.78 is 38.9. The lowest BCUT2D eigenvalue weighted by atomic mass is 9.94. The number of anilines is 2. The van der Waals surface area contributed by atoms with E-state index in [1.807, 2.05) is 38.9 Å². The van der Waals surface area contributed by atoms with Crippen LogP contribution >= 0.6 is 0 Å². The molecule has 2 aromatic rings. The van der Waals surface area contributed by atoms with Crippen LogP contribution in [0.2, 0.25) is 0 Å². The average molecular weight is 553 g/mol. The van der Waals surface area contributed by atoms with Crippen molar-refractivity contribution in [1.82, 2.24) is 20.2 Å². The van der Waals surface area contributed by atoms with Crippen molar-refractivity contribution in [3.05, 3.63) is 34.9 Å². The number of alkyl halides is 3. The van der Waals surface area contributed by atoms with Gasteiger partial charge in [0.1, 0.15) is 12.0 Å². The summed E-state index contributed by atoms with van der Waals surface area (Å²) in [6.45, 7) is 5.92. The minimum Gasteiger partial charge on any atom is -0.373 e. The van der Waals surface area contributed by atoms with Crippen LogP contribution in [-0.4, -0.2) is 66.2 Å². The number of nitrogens with zero attached hydrogens (tertiary/aromatic N) is 5. The molecule has 216 valence electrons. The third-order valence-corrected chi connectivity index (χ3v) is 6.27. The number of ether oxygens (including phenoxy) is 1. The Balaban J connectivity index is 0.000000223. The standard InChI is InChI=1S/C12H17N3O2.C11H15N3O.C4H7F3/c1-15(2)12-6-10(7-13-14-12)11-5-9(8-16)3-4-17-11;1-6-7(2)14-11(12-3)9(13-6)10(15)8-4-5-8;1-2-3-4(5,6)7/h6-9,11H,3-5H2,1-2H3;8H,4-5H2,1-3H3,(H,12,14);2-3H2,1H3. The van der Waals surface area contributed by atoms with Crippen LogP contribution in [-0.2, 0) is 9.53 Å². The highest BCUT2D eigenvalue weighted by molar-refractivity contribution is 6.01. The number of rotatable bonds is 7. The quantitative estimate of drug-likeness (QED) is 0.362. The smallest absolute Gasteiger partial charge is 0.373 e. The van der Waals surface area contributed by atoms with Gasteiger partial charge < -0.3 is 19.7 Å². The Morgan fingerprint density at radius 2 is 1.85 bits per heavy atom. The second-order valence-electron chi connectivity index (χ2n) is 9.87. The zero-order valence-electron chi connectivity index (χ0n) is 23.5. The summed E-state index contributed by atoms with van der Waals surface area (Å²) in [5.74, 6) is 1.84. The Hall–Kier alpha value is -3.15. The van der Waals surface area contributed by atoms with Crippen LogP contribution < -0.4 is 10.2 Å². The van der Waals surface area contributed by atoms with Crippen molar-refractivity contribution in [3.8, 4) is 0 Å². The molecule has 1 saturated carbocycles. The Labute approximate surface area is 228 Å². The first kappa shape index (κ1) is 32.1. The van der Waals surface area contributed by atoms with Gasteiger partial charge in [-0.15, -0.1) is 5.10 Å². The second-order valence-corrected chi connectivity index (χ2v) is 9.87. The SMILES string of the molecule is CCCC(F)(F)F.CN(C)c1cc(C2CC(C=O)CCO2)cnn1.CNc1nc(C)c(C)nc1C(=O)C1CC1. The summed E-state index contributed by atoms with van der Waals surface area (Å²) in [5, 5.41) is 10.9. The second kappa shape index (κ2) is 14.9. The summed E-state index contributed by atoms with van der Waals surface area (Å²) >= 11 is 0. The molecule has 1 saturated heterocycles. The van der Waals surface area contributed by atoms with Gasteiger partial charge in [0.05, 0.1) is 23.7 Å². The van der Waals surface area contributed by atoms with E-state index >= 15 is 0 Å². The molecule has 2 aliphatic rings. The molecule has 3 heterocycles. The van der Waals surface area contributed by atoms with Gasteiger partial charge in [0, 0.05) is 51.6 Å². The van der Waals surface area contributed by atoms with E-state index < -0.39 is 12.6 Å². The van der Waals surface area contributed by atoms with Gasteiger partial charge in [0.25, 0.3) is 0 Å². The molecule has 1 aliphatic heterocycles. The normalized spacial score (nSPS) is 18.6. The van der Waals surface area contributed by atoms with Gasteiger partial charge in [-0.1, -0.05) is 6.92 Å². The number of aldehydes is 1. The molecule has 0 bridgehead atoms. The number of carbonyl (C=O) groups is 2. The van der Waals surface area contributed by atoms with E-state index in [0.717, 1.165) is 54.7 Å². The van der Waals surface area contributed by atoms with Crippen molar-refractivity contribution < 1.29 is 27.5 Å². The van der Waals surface area contributed by atoms with E-state index in [1.54, 1.807) is 13.2 Å². The number of hydrogen-bond donors (Lipinski definition) is 1. The van der Waals surface area contributed by atoms with Crippen LogP contribution in [0.15, 0.2) is 12.3 Å². The highest BCUT2D eigenvalue weighted by Crippen LogP contribution is 2.34. The minimum absolute atomic E-state index is 0.0341. The fourth-order valence-electron chi connectivity index (χ4n) is 3.71. The van der Waals surface area contributed by atoms with Gasteiger partial charge in [0.2, 0.25) is 0 Å². The van der Waals surface area contributed by atoms with Crippen LogP contribution in [0.25, 0.3) is 0 Å². The van der Waals surface area contributed by atoms with Crippen molar-refractivity contribution in [3.63, 3.8) is 0 Å². The lowest BCUT2D eigenvalue weighted by Gasteiger charge is -2.27. The number of hydrogen-bond acceptors (Lipinski definition) is 9. The summed E-state index contributed by atoms with van der Waals surface area (Å²) in [6.07, 6.45) is 1.83. The fourth-order valence-corrected chi connectivity index (χ4v) is 3.71. The number of carbonyl (C=O) groups excluding carboxylic acids is 2. The van der Waals surface area contributed by atoms with Gasteiger partial charge >= 0.3 is 6.18 Å². The molecule has 9 nitrogen and oxygen atoms in total. The number of ketones is 1. The van der Waals surface area contributed by atoms with Crippen molar-refractivity contribution in [2.45, 2.75) is 71.6 Å². The number of aryl methyl sites for hydroxylation is 2. The van der Waals surface area contributed by atoms with Crippen LogP contribution in [0, 0.1) is 25.7 Å². The summed E-state index contributed by atoms with van der Waals surface area (Å²) in [6, 6.07) is 1.96. The van der Waals surface area contributed by atoms with Gasteiger partial charge in [-0.25, -0.2) is 9.97 Å². The van der Waals surface area contributed by atoms with Gasteiger partial charge in [-0.3, -0.25) is 4.79 Å². The topological polar surface area (TPSA) is 110 Å². The molecule has 12 heteroatoms. The first-order valence-corrected chi connectivity index (χ1v) is 13.1. The van der Waals surface area contributed by atoms with Crippen LogP contribution in [0.5, 0.6) is 0 Å². The predicted molar refractivity (Wildman–Crippen MR) is 143 cm³/mol. The van der Waals surface area contributed by atoms with Crippen molar-refractivity contribution >= 4 is 23.7 Å². The Morgan fingerprint density at radius 1 is 1.18 bits per heavy atom. The van der Waals surface area contributed by atoms with Gasteiger partial charge in [-0.05, 0) is 52.0 Å². The van der Waals surface area contributed by atoms with E-state index in [1.165, 1.54) is 6.92 Å². The predicted octanol–water partition coefficient (Wildman–Crippen LogP) is 5.29. The lowest BCUT2D eigenvalue weighted by Crippen LogP contribution is -2.21. The Bertz CT molecular complexity index is 1090. The van der Waals surface area contributed by atoms with Gasteiger partial charge in [0.15, 0.2) is 17.4 Å². The summed E-state index contributed by atoms with van der Waals surface area (Å²) in [5.41, 5.74) is 3.20. The van der Waals surface area contributed by atoms with E-state index in [2.05, 4.69) is 25.5 Å². The van der Waals surface area contributed by atoms with E-state index in [9.17, 15) is 22.8 Å². The zero-order chi connectivity index (χ0) is 29.2. The largest absolute Gasteiger partial charge is 0.389 e. The fraction of sp³-hybridized carbons (Fsp3) is 0.630. The van der Waals surface area contributed by atoms with E-state index in [4.69, 9.17) is 4.74 Å². The third-order valence-electron chi connectivity index (χ3n) is 6.27. The van der Waals surface area contributed by atoms with Gasteiger partial charge in [-0.2, -0.15) is 18.3 Å². The van der Waals surface area contributed by atoms with Crippen molar-refractivity contribution in [2.24, 2.45) is 11.8 Å². The number of nitrogens with one attached hydrogen (secondary N) is 1. The van der Waals surface area contributed by atoms with Crippen LogP contribution in [0.1, 0.15) is 79.0 Å². The first-order valence-electron chi connectivity index (χ1n) is 13.1. The molecule has 39 heavy (non-hydrogen) atoms. The van der Waals surface area contributed by atoms with E-state index in [0.29, 0.717) is 18.1 Å². The first-order chi connectivity index (χ1) is 18.4. The Morgan fingerprint density at radius 3 is 2.36 bits per heavy atom. The molecule has 4 rings (SSSR count). The molecule has 2 aromatic heterocycles. The molecule has 2 fully saturated rings. The molecule has 0 amide bonds. The highest BCUT2D eigenvalue weighted by Gasteiger charge is 2.33. The van der Waals surface area contributed by atoms with E-state index in [-0.39, 0.29) is 30.1 Å². The molecule has 0 radical (unpaired) electrons. The highest BCUT2D eigenvalue weighted by atomic mass is 19.4. The Kier molecular flexibility index (Phi) is 12.2. The third kappa shape index (κ3) is 10.5. The van der Waals surface area contributed by atoms with Crippen molar-refractivity contribution in [2.75, 3.05) is 38.0 Å². The molecule has 2 atom stereocenters.